The molecule has 0 heterocycles. The average Bonchev–Trinajstić information content (AvgIpc) is 2.40. The van der Waals surface area contributed by atoms with Crippen LogP contribution in [0.15, 0.2) is 42.5 Å². The zero-order chi connectivity index (χ0) is 14.9. The van der Waals surface area contributed by atoms with Crippen LogP contribution < -0.4 is 0 Å². The smallest absolute Gasteiger partial charge is 0.384 e. The molecule has 106 valence electrons. The van der Waals surface area contributed by atoms with Gasteiger partial charge >= 0.3 is 6.18 Å². The molecule has 0 bridgehead atoms. The van der Waals surface area contributed by atoms with Crippen LogP contribution in [0, 0.1) is 0 Å². The predicted octanol–water partition coefficient (Wildman–Crippen LogP) is 5.09. The summed E-state index contributed by atoms with van der Waals surface area (Å²) in [5.74, 6) is 0. The van der Waals surface area contributed by atoms with Crippen LogP contribution >= 0.6 is 23.2 Å². The fraction of sp³-hybridized carbons (Fsp3) is 0.143. The summed E-state index contributed by atoms with van der Waals surface area (Å²) in [7, 11) is 0. The quantitative estimate of drug-likeness (QED) is 0.816. The van der Waals surface area contributed by atoms with Crippen molar-refractivity contribution in [1.82, 2.24) is 0 Å². The van der Waals surface area contributed by atoms with Gasteiger partial charge < -0.3 is 5.11 Å². The Balaban J connectivity index is 2.29. The molecule has 2 aromatic carbocycles. The Kier molecular flexibility index (Phi) is 4.28. The van der Waals surface area contributed by atoms with E-state index in [2.05, 4.69) is 0 Å². The number of benzene rings is 2. The third-order valence-corrected chi connectivity index (χ3v) is 3.55. The minimum absolute atomic E-state index is 0.273. The molecule has 0 aliphatic carbocycles. The Bertz CT molecular complexity index is 609. The molecule has 0 unspecified atom stereocenters. The lowest BCUT2D eigenvalue weighted by Gasteiger charge is -2.13. The lowest BCUT2D eigenvalue weighted by atomic mass is 10.0. The summed E-state index contributed by atoms with van der Waals surface area (Å²) in [6, 6.07) is 8.88. The molecule has 20 heavy (non-hydrogen) atoms. The third-order valence-electron chi connectivity index (χ3n) is 2.81. The van der Waals surface area contributed by atoms with Gasteiger partial charge in [-0.25, -0.2) is 0 Å². The maximum absolute atomic E-state index is 12.4. The molecule has 0 aliphatic rings. The van der Waals surface area contributed by atoms with Crippen molar-refractivity contribution in [2.24, 2.45) is 0 Å². The SMILES string of the molecule is O[C@@H](c1ccc(C(F)(F)F)cc1)c1ccc(Cl)c(Cl)c1. The maximum atomic E-state index is 12.4. The first-order valence-corrected chi connectivity index (χ1v) is 6.35. The highest BCUT2D eigenvalue weighted by Gasteiger charge is 2.30. The van der Waals surface area contributed by atoms with Crippen LogP contribution in [0.4, 0.5) is 13.2 Å². The molecule has 6 heteroatoms. The van der Waals surface area contributed by atoms with Gasteiger partial charge in [0, 0.05) is 0 Å². The summed E-state index contributed by atoms with van der Waals surface area (Å²) in [4.78, 5) is 0. The van der Waals surface area contributed by atoms with Crippen LogP contribution in [0.25, 0.3) is 0 Å². The highest BCUT2D eigenvalue weighted by Crippen LogP contribution is 2.32. The molecular formula is C14H9Cl2F3O. The Labute approximate surface area is 123 Å². The molecule has 1 nitrogen and oxygen atoms in total. The molecule has 0 radical (unpaired) electrons. The average molecular weight is 321 g/mol. The standard InChI is InChI=1S/C14H9Cl2F3O/c15-11-6-3-9(7-12(11)16)13(20)8-1-4-10(5-2-8)14(17,18)19/h1-7,13,20H/t13-/m0/s1. The van der Waals surface area contributed by atoms with Gasteiger partial charge in [-0.2, -0.15) is 13.2 Å². The van der Waals surface area contributed by atoms with Gasteiger partial charge in [-0.05, 0) is 35.4 Å². The van der Waals surface area contributed by atoms with Crippen LogP contribution in [0.1, 0.15) is 22.8 Å². The first-order valence-electron chi connectivity index (χ1n) is 5.59. The summed E-state index contributed by atoms with van der Waals surface area (Å²) in [5.41, 5.74) is 0.0399. The van der Waals surface area contributed by atoms with Crippen LogP contribution in [-0.4, -0.2) is 5.11 Å². The first-order chi connectivity index (χ1) is 9.29. The second-order valence-corrected chi connectivity index (χ2v) is 5.01. The predicted molar refractivity (Wildman–Crippen MR) is 72.0 cm³/mol. The Morgan fingerprint density at radius 1 is 0.850 bits per heavy atom. The molecule has 1 atom stereocenters. The van der Waals surface area contributed by atoms with E-state index in [1.165, 1.54) is 24.3 Å². The monoisotopic (exact) mass is 320 g/mol. The van der Waals surface area contributed by atoms with Crippen LogP contribution in [0.3, 0.4) is 0 Å². The Morgan fingerprint density at radius 3 is 1.90 bits per heavy atom. The first kappa shape index (κ1) is 15.2. The number of aliphatic hydroxyl groups is 1. The molecule has 0 fully saturated rings. The molecule has 0 aliphatic heterocycles. The van der Waals surface area contributed by atoms with Gasteiger partial charge in [-0.1, -0.05) is 41.4 Å². The topological polar surface area (TPSA) is 20.2 Å². The minimum atomic E-state index is -4.40. The van der Waals surface area contributed by atoms with E-state index in [0.29, 0.717) is 16.1 Å². The van der Waals surface area contributed by atoms with Gasteiger partial charge in [0.05, 0.1) is 15.6 Å². The van der Waals surface area contributed by atoms with Gasteiger partial charge in [0.15, 0.2) is 0 Å². The summed E-state index contributed by atoms with van der Waals surface area (Å²) in [5, 5.41) is 10.7. The zero-order valence-electron chi connectivity index (χ0n) is 9.96. The molecule has 0 aromatic heterocycles. The highest BCUT2D eigenvalue weighted by molar-refractivity contribution is 6.42. The van der Waals surface area contributed by atoms with Gasteiger partial charge in [0.2, 0.25) is 0 Å². The van der Waals surface area contributed by atoms with Crippen LogP contribution in [0.5, 0.6) is 0 Å². The van der Waals surface area contributed by atoms with Crippen LogP contribution in [0.2, 0.25) is 10.0 Å². The van der Waals surface area contributed by atoms with Crippen molar-refractivity contribution < 1.29 is 18.3 Å². The van der Waals surface area contributed by atoms with Gasteiger partial charge in [-0.15, -0.1) is 0 Å². The van der Waals surface area contributed by atoms with Crippen molar-refractivity contribution >= 4 is 23.2 Å². The number of rotatable bonds is 2. The molecular weight excluding hydrogens is 312 g/mol. The number of hydrogen-bond donors (Lipinski definition) is 1. The minimum Gasteiger partial charge on any atom is -0.384 e. The van der Waals surface area contributed by atoms with Crippen molar-refractivity contribution in [2.75, 3.05) is 0 Å². The van der Waals surface area contributed by atoms with E-state index < -0.39 is 17.8 Å². The van der Waals surface area contributed by atoms with Gasteiger partial charge in [0.25, 0.3) is 0 Å². The lowest BCUT2D eigenvalue weighted by Crippen LogP contribution is -2.06. The summed E-state index contributed by atoms with van der Waals surface area (Å²) in [6.07, 6.45) is -5.46. The Morgan fingerprint density at radius 2 is 1.40 bits per heavy atom. The van der Waals surface area contributed by atoms with Crippen LogP contribution in [-0.2, 0) is 6.18 Å². The second kappa shape index (κ2) is 5.64. The number of aliphatic hydroxyl groups excluding tert-OH is 1. The number of alkyl halides is 3. The normalized spacial score (nSPS) is 13.3. The summed E-state index contributed by atoms with van der Waals surface area (Å²) >= 11 is 11.6. The third kappa shape index (κ3) is 3.26. The lowest BCUT2D eigenvalue weighted by molar-refractivity contribution is -0.137. The van der Waals surface area contributed by atoms with E-state index in [4.69, 9.17) is 23.2 Å². The van der Waals surface area contributed by atoms with Crippen molar-refractivity contribution in [3.63, 3.8) is 0 Å². The molecule has 0 saturated carbocycles. The van der Waals surface area contributed by atoms with E-state index in [-0.39, 0.29) is 5.02 Å². The van der Waals surface area contributed by atoms with Crippen molar-refractivity contribution in [1.29, 1.82) is 0 Å². The maximum Gasteiger partial charge on any atom is 0.416 e. The number of halogens is 5. The molecule has 0 saturated heterocycles. The molecule has 0 spiro atoms. The largest absolute Gasteiger partial charge is 0.416 e. The van der Waals surface area contributed by atoms with Crippen molar-refractivity contribution in [2.45, 2.75) is 12.3 Å². The fourth-order valence-electron chi connectivity index (χ4n) is 1.73. The van der Waals surface area contributed by atoms with E-state index in [1.54, 1.807) is 6.07 Å². The number of hydrogen-bond acceptors (Lipinski definition) is 1. The van der Waals surface area contributed by atoms with E-state index in [9.17, 15) is 18.3 Å². The molecule has 1 N–H and O–H groups in total. The van der Waals surface area contributed by atoms with Crippen molar-refractivity contribution in [3.8, 4) is 0 Å². The van der Waals surface area contributed by atoms with E-state index in [0.717, 1.165) is 12.1 Å². The van der Waals surface area contributed by atoms with E-state index in [1.807, 2.05) is 0 Å². The van der Waals surface area contributed by atoms with Crippen molar-refractivity contribution in [3.05, 3.63) is 69.2 Å². The highest BCUT2D eigenvalue weighted by atomic mass is 35.5. The van der Waals surface area contributed by atoms with Gasteiger partial charge in [-0.3, -0.25) is 0 Å². The summed E-state index contributed by atoms with van der Waals surface area (Å²) in [6.45, 7) is 0. The second-order valence-electron chi connectivity index (χ2n) is 4.20. The van der Waals surface area contributed by atoms with Gasteiger partial charge in [0.1, 0.15) is 6.10 Å². The molecule has 2 aromatic rings. The molecule has 2 rings (SSSR count). The fourth-order valence-corrected chi connectivity index (χ4v) is 2.04. The Hall–Kier alpha value is -1.23. The summed E-state index contributed by atoms with van der Waals surface area (Å²) < 4.78 is 37.3. The zero-order valence-corrected chi connectivity index (χ0v) is 11.5. The molecule has 0 amide bonds. The van der Waals surface area contributed by atoms with E-state index >= 15 is 0 Å².